The molecule has 1 aromatic carbocycles. The third kappa shape index (κ3) is 3.97. The summed E-state index contributed by atoms with van der Waals surface area (Å²) in [6.45, 7) is 1.78. The number of carbonyl (C=O) groups excluding carboxylic acids is 1. The first kappa shape index (κ1) is 17.5. The van der Waals surface area contributed by atoms with E-state index in [4.69, 9.17) is 10.3 Å². The van der Waals surface area contributed by atoms with E-state index < -0.39 is 0 Å². The second-order valence-corrected chi connectivity index (χ2v) is 4.91. The van der Waals surface area contributed by atoms with Gasteiger partial charge in [0.1, 0.15) is 5.76 Å². The van der Waals surface area contributed by atoms with Crippen LogP contribution in [0.25, 0.3) is 0 Å². The summed E-state index contributed by atoms with van der Waals surface area (Å²) in [5, 5.41) is 6.44. The van der Waals surface area contributed by atoms with Crippen molar-refractivity contribution in [3.8, 4) is 0 Å². The Kier molecular flexibility index (Phi) is 5.78. The number of nitrogens with two attached hydrogens (primary N) is 1. The van der Waals surface area contributed by atoms with Crippen LogP contribution in [0.3, 0.4) is 0 Å². The van der Waals surface area contributed by atoms with Crippen LogP contribution in [0.1, 0.15) is 34.0 Å². The number of aryl methyl sites for hydroxylation is 1. The molecule has 7 heteroatoms. The zero-order valence-corrected chi connectivity index (χ0v) is 13.0. The van der Waals surface area contributed by atoms with Crippen LogP contribution in [0.5, 0.6) is 0 Å². The summed E-state index contributed by atoms with van der Waals surface area (Å²) in [6.07, 6.45) is 0.994. The number of amides is 1. The minimum absolute atomic E-state index is 0. The lowest BCUT2D eigenvalue weighted by atomic mass is 10.1. The first-order valence-corrected chi connectivity index (χ1v) is 6.23. The van der Waals surface area contributed by atoms with Gasteiger partial charge in [-0.25, -0.2) is 0 Å². The van der Waals surface area contributed by atoms with Gasteiger partial charge in [-0.15, -0.1) is 24.8 Å². The molecule has 1 amide bonds. The van der Waals surface area contributed by atoms with Crippen LogP contribution in [-0.2, 0) is 0 Å². The molecule has 1 saturated carbocycles. The number of aromatic nitrogens is 1. The maximum Gasteiger partial charge on any atom is 0.256 e. The highest BCUT2D eigenvalue weighted by atomic mass is 35.5. The van der Waals surface area contributed by atoms with Crippen molar-refractivity contribution >= 4 is 36.5 Å². The van der Waals surface area contributed by atoms with Gasteiger partial charge in [-0.1, -0.05) is 17.3 Å². The summed E-state index contributed by atoms with van der Waals surface area (Å²) < 4.78 is 4.91. The average molecular weight is 330 g/mol. The van der Waals surface area contributed by atoms with Crippen LogP contribution in [0.4, 0.5) is 5.82 Å². The lowest BCUT2D eigenvalue weighted by molar-refractivity contribution is 0.102. The zero-order valence-electron chi connectivity index (χ0n) is 11.4. The van der Waals surface area contributed by atoms with E-state index in [1.807, 2.05) is 18.2 Å². The number of hydrogen-bond acceptors (Lipinski definition) is 4. The molecule has 0 unspecified atom stereocenters. The van der Waals surface area contributed by atoms with Gasteiger partial charge in [0.25, 0.3) is 5.91 Å². The predicted molar refractivity (Wildman–Crippen MR) is 85.5 cm³/mol. The van der Waals surface area contributed by atoms with Crippen molar-refractivity contribution in [3.63, 3.8) is 0 Å². The summed E-state index contributed by atoms with van der Waals surface area (Å²) >= 11 is 0. The summed E-state index contributed by atoms with van der Waals surface area (Å²) in [5.74, 6) is 1.29. The molecule has 1 fully saturated rings. The third-order valence-electron chi connectivity index (χ3n) is 3.29. The zero-order chi connectivity index (χ0) is 13.4. The highest BCUT2D eigenvalue weighted by molar-refractivity contribution is 6.03. The molecule has 1 aliphatic carbocycles. The smallest absolute Gasteiger partial charge is 0.256 e. The second-order valence-electron chi connectivity index (χ2n) is 4.91. The largest absolute Gasteiger partial charge is 0.360 e. The van der Waals surface area contributed by atoms with Crippen LogP contribution in [0.2, 0.25) is 0 Å². The van der Waals surface area contributed by atoms with Gasteiger partial charge in [0.05, 0.1) is 0 Å². The molecular formula is C14H17Cl2N3O2. The molecular weight excluding hydrogens is 313 g/mol. The molecule has 5 nitrogen and oxygen atoms in total. The molecule has 0 bridgehead atoms. The van der Waals surface area contributed by atoms with Crippen molar-refractivity contribution < 1.29 is 9.32 Å². The van der Waals surface area contributed by atoms with Gasteiger partial charge in [-0.05, 0) is 31.0 Å². The van der Waals surface area contributed by atoms with Crippen molar-refractivity contribution in [1.82, 2.24) is 5.16 Å². The minimum Gasteiger partial charge on any atom is -0.360 e. The van der Waals surface area contributed by atoms with Gasteiger partial charge in [0.2, 0.25) is 0 Å². The lowest BCUT2D eigenvalue weighted by Gasteiger charge is -2.04. The Morgan fingerprint density at radius 1 is 1.38 bits per heavy atom. The summed E-state index contributed by atoms with van der Waals surface area (Å²) in [6, 6.07) is 9.46. The van der Waals surface area contributed by atoms with Gasteiger partial charge in [0.15, 0.2) is 5.82 Å². The Hall–Kier alpha value is -1.56. The van der Waals surface area contributed by atoms with E-state index in [1.165, 1.54) is 0 Å². The maximum atomic E-state index is 12.1. The molecule has 114 valence electrons. The molecule has 21 heavy (non-hydrogen) atoms. The van der Waals surface area contributed by atoms with Crippen LogP contribution >= 0.6 is 24.8 Å². The molecule has 0 spiro atoms. The summed E-state index contributed by atoms with van der Waals surface area (Å²) in [4.78, 5) is 12.1. The summed E-state index contributed by atoms with van der Waals surface area (Å²) in [5.41, 5.74) is 7.56. The lowest BCUT2D eigenvalue weighted by Crippen LogP contribution is -2.12. The standard InChI is InChI=1S/C14H15N3O2.2ClH/c1-8-5-13(17-19-8)16-14(18)10-4-2-3-9(6-10)11-7-12(11)15;;/h2-6,11-12H,7,15H2,1H3,(H,16,17,18);2*1H/t11-,12+;;/m0../s1. The number of benzene rings is 1. The topological polar surface area (TPSA) is 81.2 Å². The van der Waals surface area contributed by atoms with Crippen LogP contribution < -0.4 is 11.1 Å². The van der Waals surface area contributed by atoms with Crippen LogP contribution in [0, 0.1) is 6.92 Å². The van der Waals surface area contributed by atoms with Gasteiger partial charge >= 0.3 is 0 Å². The fraction of sp³-hybridized carbons (Fsp3) is 0.286. The number of halogens is 2. The van der Waals surface area contributed by atoms with E-state index in [0.717, 1.165) is 12.0 Å². The van der Waals surface area contributed by atoms with E-state index in [-0.39, 0.29) is 36.8 Å². The Labute approximate surface area is 135 Å². The van der Waals surface area contributed by atoms with Crippen molar-refractivity contribution in [2.75, 3.05) is 5.32 Å². The highest BCUT2D eigenvalue weighted by Gasteiger charge is 2.34. The molecule has 2 aromatic rings. The van der Waals surface area contributed by atoms with Gasteiger partial charge in [-0.3, -0.25) is 4.79 Å². The Bertz CT molecular complexity index is 630. The van der Waals surface area contributed by atoms with E-state index in [2.05, 4.69) is 10.5 Å². The molecule has 1 aromatic heterocycles. The number of nitrogens with one attached hydrogen (secondary N) is 1. The predicted octanol–water partition coefficient (Wildman–Crippen LogP) is 2.89. The quantitative estimate of drug-likeness (QED) is 0.907. The molecule has 0 aliphatic heterocycles. The van der Waals surface area contributed by atoms with Gasteiger partial charge < -0.3 is 15.6 Å². The average Bonchev–Trinajstić information content (AvgIpc) is 3.00. The van der Waals surface area contributed by atoms with E-state index >= 15 is 0 Å². The van der Waals surface area contributed by atoms with Crippen LogP contribution in [0.15, 0.2) is 34.9 Å². The Morgan fingerprint density at radius 3 is 2.67 bits per heavy atom. The monoisotopic (exact) mass is 329 g/mol. The van der Waals surface area contributed by atoms with Crippen molar-refractivity contribution in [1.29, 1.82) is 0 Å². The van der Waals surface area contributed by atoms with Gasteiger partial charge in [0, 0.05) is 23.6 Å². The number of rotatable bonds is 3. The highest BCUT2D eigenvalue weighted by Crippen LogP contribution is 2.39. The fourth-order valence-electron chi connectivity index (χ4n) is 2.12. The number of carbonyl (C=O) groups is 1. The number of hydrogen-bond donors (Lipinski definition) is 2. The third-order valence-corrected chi connectivity index (χ3v) is 3.29. The van der Waals surface area contributed by atoms with E-state index in [0.29, 0.717) is 23.1 Å². The first-order chi connectivity index (χ1) is 9.13. The normalized spacial score (nSPS) is 19.1. The van der Waals surface area contributed by atoms with Crippen molar-refractivity contribution in [3.05, 3.63) is 47.2 Å². The Balaban J connectivity index is 0.00000110. The molecule has 3 rings (SSSR count). The molecule has 1 heterocycles. The molecule has 0 saturated heterocycles. The minimum atomic E-state index is -0.190. The fourth-order valence-corrected chi connectivity index (χ4v) is 2.12. The molecule has 3 N–H and O–H groups in total. The van der Waals surface area contributed by atoms with Gasteiger partial charge in [-0.2, -0.15) is 0 Å². The molecule has 2 atom stereocenters. The SMILES string of the molecule is Cc1cc(NC(=O)c2cccc([C@@H]3C[C@H]3N)c2)no1.Cl.Cl. The maximum absolute atomic E-state index is 12.1. The molecule has 0 radical (unpaired) electrons. The van der Waals surface area contributed by atoms with Crippen molar-refractivity contribution in [2.45, 2.75) is 25.3 Å². The van der Waals surface area contributed by atoms with E-state index in [1.54, 1.807) is 19.1 Å². The first-order valence-electron chi connectivity index (χ1n) is 6.23. The van der Waals surface area contributed by atoms with E-state index in [9.17, 15) is 4.79 Å². The Morgan fingerprint density at radius 2 is 2.10 bits per heavy atom. The number of nitrogens with zero attached hydrogens (tertiary/aromatic N) is 1. The van der Waals surface area contributed by atoms with Crippen molar-refractivity contribution in [2.24, 2.45) is 5.73 Å². The van der Waals surface area contributed by atoms with Crippen LogP contribution in [-0.4, -0.2) is 17.1 Å². The second kappa shape index (κ2) is 6.93. The molecule has 1 aliphatic rings. The summed E-state index contributed by atoms with van der Waals surface area (Å²) in [7, 11) is 0. The number of anilines is 1.